The molecule has 7 nitrogen and oxygen atoms in total. The standard InChI is InChI=1S/C12H15FN2O5S/c1-7-5-9(13)11(15(16)17)6-12(7)21(18,19)14-10-3-4-20-8(10)2/h5-6,8,10,14H,3-4H2,1-2H3. The Hall–Kier alpha value is -1.58. The van der Waals surface area contributed by atoms with Gasteiger partial charge in [-0.3, -0.25) is 10.1 Å². The number of rotatable bonds is 4. The Balaban J connectivity index is 2.40. The molecule has 1 aliphatic rings. The Bertz CT molecular complexity index is 676. The number of hydrogen-bond donors (Lipinski definition) is 1. The highest BCUT2D eigenvalue weighted by atomic mass is 32.2. The Kier molecular flexibility index (Phi) is 4.26. The first-order chi connectivity index (χ1) is 9.72. The number of sulfonamides is 1. The summed E-state index contributed by atoms with van der Waals surface area (Å²) in [6, 6.07) is 1.19. The quantitative estimate of drug-likeness (QED) is 0.670. The topological polar surface area (TPSA) is 98.5 Å². The lowest BCUT2D eigenvalue weighted by Crippen LogP contribution is -2.39. The van der Waals surface area contributed by atoms with Crippen LogP contribution in [0.1, 0.15) is 18.9 Å². The molecule has 1 aromatic carbocycles. The number of nitro groups is 1. The maximum absolute atomic E-state index is 13.5. The molecule has 2 rings (SSSR count). The minimum atomic E-state index is -3.98. The number of aryl methyl sites for hydroxylation is 1. The molecule has 0 aromatic heterocycles. The largest absolute Gasteiger partial charge is 0.377 e. The molecule has 0 amide bonds. The maximum atomic E-state index is 13.5. The zero-order chi connectivity index (χ0) is 15.8. The molecule has 0 saturated carbocycles. The van der Waals surface area contributed by atoms with Crippen LogP contribution in [0.25, 0.3) is 0 Å². The third kappa shape index (κ3) is 3.20. The van der Waals surface area contributed by atoms with Gasteiger partial charge < -0.3 is 4.74 Å². The number of ether oxygens (including phenoxy) is 1. The minimum absolute atomic E-state index is 0.108. The third-order valence-electron chi connectivity index (χ3n) is 3.41. The second-order valence-corrected chi connectivity index (χ2v) is 6.60. The fourth-order valence-electron chi connectivity index (χ4n) is 2.22. The fraction of sp³-hybridized carbons (Fsp3) is 0.500. The molecular weight excluding hydrogens is 303 g/mol. The molecule has 9 heteroatoms. The van der Waals surface area contributed by atoms with Gasteiger partial charge in [0, 0.05) is 12.7 Å². The van der Waals surface area contributed by atoms with Crippen LogP contribution in [-0.2, 0) is 14.8 Å². The first kappa shape index (κ1) is 15.8. The van der Waals surface area contributed by atoms with Crippen molar-refractivity contribution in [2.45, 2.75) is 37.3 Å². The lowest BCUT2D eigenvalue weighted by atomic mass is 10.2. The summed E-state index contributed by atoms with van der Waals surface area (Å²) in [5, 5.41) is 10.7. The molecule has 2 unspecified atom stereocenters. The van der Waals surface area contributed by atoms with E-state index in [2.05, 4.69) is 4.72 Å². The van der Waals surface area contributed by atoms with E-state index in [4.69, 9.17) is 4.74 Å². The van der Waals surface area contributed by atoms with Gasteiger partial charge in [-0.25, -0.2) is 13.1 Å². The van der Waals surface area contributed by atoms with Crippen molar-refractivity contribution in [2.24, 2.45) is 0 Å². The zero-order valence-corrected chi connectivity index (χ0v) is 12.3. The molecule has 1 aromatic rings. The van der Waals surface area contributed by atoms with E-state index in [1.807, 2.05) is 0 Å². The van der Waals surface area contributed by atoms with E-state index >= 15 is 0 Å². The smallest absolute Gasteiger partial charge is 0.306 e. The van der Waals surface area contributed by atoms with Crippen molar-refractivity contribution in [2.75, 3.05) is 6.61 Å². The van der Waals surface area contributed by atoms with Gasteiger partial charge in [-0.05, 0) is 31.9 Å². The van der Waals surface area contributed by atoms with E-state index in [0.29, 0.717) is 13.0 Å². The Morgan fingerprint density at radius 1 is 1.48 bits per heavy atom. The normalized spacial score (nSPS) is 22.4. The van der Waals surface area contributed by atoms with E-state index in [1.54, 1.807) is 6.92 Å². The highest BCUT2D eigenvalue weighted by Crippen LogP contribution is 2.26. The van der Waals surface area contributed by atoms with Gasteiger partial charge in [-0.1, -0.05) is 0 Å². The van der Waals surface area contributed by atoms with E-state index in [9.17, 15) is 22.9 Å². The van der Waals surface area contributed by atoms with Gasteiger partial charge in [-0.15, -0.1) is 0 Å². The summed E-state index contributed by atoms with van der Waals surface area (Å²) in [4.78, 5) is 9.49. The molecule has 1 heterocycles. The van der Waals surface area contributed by atoms with Crippen molar-refractivity contribution in [3.63, 3.8) is 0 Å². The minimum Gasteiger partial charge on any atom is -0.377 e. The zero-order valence-electron chi connectivity index (χ0n) is 11.5. The predicted octanol–water partition coefficient (Wildman–Crippen LogP) is 1.50. The Morgan fingerprint density at radius 2 is 2.14 bits per heavy atom. The van der Waals surface area contributed by atoms with E-state index in [0.717, 1.165) is 12.1 Å². The SMILES string of the molecule is Cc1cc(F)c([N+](=O)[O-])cc1S(=O)(=O)NC1CCOC1C. The van der Waals surface area contributed by atoms with Gasteiger partial charge in [0.25, 0.3) is 0 Å². The van der Waals surface area contributed by atoms with Crippen molar-refractivity contribution in [1.82, 2.24) is 4.72 Å². The number of halogens is 1. The summed E-state index contributed by atoms with van der Waals surface area (Å²) >= 11 is 0. The van der Waals surface area contributed by atoms with E-state index < -0.39 is 32.5 Å². The third-order valence-corrected chi connectivity index (χ3v) is 5.05. The summed E-state index contributed by atoms with van der Waals surface area (Å²) in [6.07, 6.45) is 0.235. The summed E-state index contributed by atoms with van der Waals surface area (Å²) in [5.41, 5.74) is -0.756. The van der Waals surface area contributed by atoms with Crippen molar-refractivity contribution >= 4 is 15.7 Å². The number of benzene rings is 1. The van der Waals surface area contributed by atoms with Crippen LogP contribution in [0.3, 0.4) is 0 Å². The van der Waals surface area contributed by atoms with Crippen LogP contribution in [0.2, 0.25) is 0 Å². The average Bonchev–Trinajstić information content (AvgIpc) is 2.73. The van der Waals surface area contributed by atoms with Crippen LogP contribution >= 0.6 is 0 Å². The van der Waals surface area contributed by atoms with Crippen molar-refractivity contribution < 1.29 is 22.5 Å². The Morgan fingerprint density at radius 3 is 2.67 bits per heavy atom. The molecule has 0 spiro atoms. The molecule has 1 N–H and O–H groups in total. The second-order valence-electron chi connectivity index (χ2n) is 4.92. The molecule has 0 aliphatic carbocycles. The van der Waals surface area contributed by atoms with Crippen LogP contribution < -0.4 is 4.72 Å². The first-order valence-corrected chi connectivity index (χ1v) is 7.79. The van der Waals surface area contributed by atoms with Crippen LogP contribution in [0.4, 0.5) is 10.1 Å². The second kappa shape index (κ2) is 5.66. The number of nitrogens with one attached hydrogen (secondary N) is 1. The highest BCUT2D eigenvalue weighted by Gasteiger charge is 2.31. The maximum Gasteiger partial charge on any atom is 0.306 e. The average molecular weight is 318 g/mol. The van der Waals surface area contributed by atoms with Crippen LogP contribution in [0.15, 0.2) is 17.0 Å². The molecule has 116 valence electrons. The van der Waals surface area contributed by atoms with Gasteiger partial charge in [0.1, 0.15) is 0 Å². The summed E-state index contributed by atoms with van der Waals surface area (Å²) in [7, 11) is -3.98. The van der Waals surface area contributed by atoms with Crippen LogP contribution in [0, 0.1) is 22.9 Å². The molecule has 1 aliphatic heterocycles. The summed E-state index contributed by atoms with van der Waals surface area (Å²) in [6.45, 7) is 3.56. The molecular formula is C12H15FN2O5S. The lowest BCUT2D eigenvalue weighted by molar-refractivity contribution is -0.387. The first-order valence-electron chi connectivity index (χ1n) is 6.31. The predicted molar refractivity (Wildman–Crippen MR) is 71.9 cm³/mol. The van der Waals surface area contributed by atoms with Crippen molar-refractivity contribution in [3.05, 3.63) is 33.6 Å². The number of nitrogens with zero attached hydrogens (tertiary/aromatic N) is 1. The van der Waals surface area contributed by atoms with Crippen molar-refractivity contribution in [3.8, 4) is 0 Å². The molecule has 0 radical (unpaired) electrons. The van der Waals surface area contributed by atoms with E-state index in [1.165, 1.54) is 6.92 Å². The fourth-order valence-corrected chi connectivity index (χ4v) is 3.81. The Labute approximate surface area is 121 Å². The molecule has 21 heavy (non-hydrogen) atoms. The van der Waals surface area contributed by atoms with Gasteiger partial charge in [0.2, 0.25) is 15.8 Å². The number of hydrogen-bond acceptors (Lipinski definition) is 5. The van der Waals surface area contributed by atoms with Crippen LogP contribution in [-0.4, -0.2) is 32.1 Å². The van der Waals surface area contributed by atoms with Crippen LogP contribution in [0.5, 0.6) is 0 Å². The monoisotopic (exact) mass is 318 g/mol. The van der Waals surface area contributed by atoms with Gasteiger partial charge in [0.05, 0.1) is 22.0 Å². The van der Waals surface area contributed by atoms with Gasteiger partial charge in [0.15, 0.2) is 0 Å². The molecule has 1 saturated heterocycles. The highest BCUT2D eigenvalue weighted by molar-refractivity contribution is 7.89. The molecule has 1 fully saturated rings. The molecule has 2 atom stereocenters. The van der Waals surface area contributed by atoms with Gasteiger partial charge in [-0.2, -0.15) is 4.39 Å². The lowest BCUT2D eigenvalue weighted by Gasteiger charge is -2.17. The van der Waals surface area contributed by atoms with Crippen molar-refractivity contribution in [1.29, 1.82) is 0 Å². The molecule has 0 bridgehead atoms. The van der Waals surface area contributed by atoms with Gasteiger partial charge >= 0.3 is 5.69 Å². The summed E-state index contributed by atoms with van der Waals surface area (Å²) < 4.78 is 45.8. The number of nitro benzene ring substituents is 1. The summed E-state index contributed by atoms with van der Waals surface area (Å²) in [5.74, 6) is -1.06. The van der Waals surface area contributed by atoms with E-state index in [-0.39, 0.29) is 16.6 Å².